The number of carbonyl (C=O) groups excluding carboxylic acids is 1. The van der Waals surface area contributed by atoms with Crippen molar-refractivity contribution >= 4 is 6.29 Å². The highest BCUT2D eigenvalue weighted by molar-refractivity contribution is 5.55. The van der Waals surface area contributed by atoms with Crippen molar-refractivity contribution in [1.29, 1.82) is 0 Å². The first-order chi connectivity index (χ1) is 4.81. The molecule has 0 saturated carbocycles. The Hall–Kier alpha value is -1.11. The SMILES string of the molecule is C=CC=CC=CC(C)C=O. The highest BCUT2D eigenvalue weighted by Gasteiger charge is 1.87. The Morgan fingerprint density at radius 2 is 2.00 bits per heavy atom. The van der Waals surface area contributed by atoms with E-state index in [1.807, 2.05) is 31.2 Å². The molecule has 1 nitrogen and oxygen atoms in total. The smallest absolute Gasteiger partial charge is 0.126 e. The number of allylic oxidation sites excluding steroid dienone is 5. The summed E-state index contributed by atoms with van der Waals surface area (Å²) in [5.41, 5.74) is 0. The van der Waals surface area contributed by atoms with Crippen LogP contribution in [0.1, 0.15) is 6.92 Å². The molecule has 0 N–H and O–H groups in total. The van der Waals surface area contributed by atoms with Crippen LogP contribution in [0.15, 0.2) is 37.0 Å². The molecule has 0 bridgehead atoms. The van der Waals surface area contributed by atoms with Crippen LogP contribution in [0, 0.1) is 5.92 Å². The summed E-state index contributed by atoms with van der Waals surface area (Å²) in [5, 5.41) is 0. The lowest BCUT2D eigenvalue weighted by Crippen LogP contribution is -1.87. The first kappa shape index (κ1) is 8.89. The summed E-state index contributed by atoms with van der Waals surface area (Å²) in [7, 11) is 0. The summed E-state index contributed by atoms with van der Waals surface area (Å²) < 4.78 is 0. The average molecular weight is 136 g/mol. The van der Waals surface area contributed by atoms with Crippen molar-refractivity contribution in [2.75, 3.05) is 0 Å². The van der Waals surface area contributed by atoms with E-state index in [-0.39, 0.29) is 5.92 Å². The van der Waals surface area contributed by atoms with Gasteiger partial charge in [0.15, 0.2) is 0 Å². The van der Waals surface area contributed by atoms with Gasteiger partial charge in [-0.2, -0.15) is 0 Å². The van der Waals surface area contributed by atoms with Crippen LogP contribution >= 0.6 is 0 Å². The molecule has 0 rings (SSSR count). The molecule has 1 atom stereocenters. The van der Waals surface area contributed by atoms with Gasteiger partial charge < -0.3 is 4.79 Å². The van der Waals surface area contributed by atoms with Crippen LogP contribution in [0.25, 0.3) is 0 Å². The molecule has 10 heavy (non-hydrogen) atoms. The van der Waals surface area contributed by atoms with Gasteiger partial charge in [-0.05, 0) is 0 Å². The van der Waals surface area contributed by atoms with Crippen molar-refractivity contribution in [2.24, 2.45) is 5.92 Å². The Labute approximate surface area is 61.8 Å². The lowest BCUT2D eigenvalue weighted by atomic mass is 10.2. The second kappa shape index (κ2) is 6.02. The Morgan fingerprint density at radius 3 is 2.50 bits per heavy atom. The first-order valence-electron chi connectivity index (χ1n) is 3.22. The number of hydrogen-bond acceptors (Lipinski definition) is 1. The Bertz CT molecular complexity index is 154. The van der Waals surface area contributed by atoms with Crippen LogP contribution in [0.2, 0.25) is 0 Å². The number of carbonyl (C=O) groups is 1. The van der Waals surface area contributed by atoms with Gasteiger partial charge in [-0.25, -0.2) is 0 Å². The van der Waals surface area contributed by atoms with Gasteiger partial charge >= 0.3 is 0 Å². The molecule has 0 spiro atoms. The third-order valence-electron chi connectivity index (χ3n) is 0.988. The molecule has 1 heteroatoms. The third-order valence-corrected chi connectivity index (χ3v) is 0.988. The van der Waals surface area contributed by atoms with E-state index in [9.17, 15) is 4.79 Å². The van der Waals surface area contributed by atoms with Gasteiger partial charge in [-0.3, -0.25) is 0 Å². The fourth-order valence-corrected chi connectivity index (χ4v) is 0.427. The lowest BCUT2D eigenvalue weighted by molar-refractivity contribution is -0.109. The molecule has 0 aliphatic rings. The van der Waals surface area contributed by atoms with Crippen LogP contribution in [0.3, 0.4) is 0 Å². The van der Waals surface area contributed by atoms with Crippen molar-refractivity contribution in [3.63, 3.8) is 0 Å². The van der Waals surface area contributed by atoms with E-state index in [4.69, 9.17) is 0 Å². The molecule has 0 aromatic rings. The second-order valence-corrected chi connectivity index (χ2v) is 2.00. The lowest BCUT2D eigenvalue weighted by Gasteiger charge is -1.87. The number of hydrogen-bond donors (Lipinski definition) is 0. The highest BCUT2D eigenvalue weighted by atomic mass is 16.1. The summed E-state index contributed by atoms with van der Waals surface area (Å²) in [6, 6.07) is 0. The fourth-order valence-electron chi connectivity index (χ4n) is 0.427. The van der Waals surface area contributed by atoms with Gasteiger partial charge in [-0.1, -0.05) is 43.9 Å². The zero-order valence-corrected chi connectivity index (χ0v) is 6.16. The van der Waals surface area contributed by atoms with Crippen LogP contribution in [-0.4, -0.2) is 6.29 Å². The Kier molecular flexibility index (Phi) is 5.35. The van der Waals surface area contributed by atoms with Gasteiger partial charge in [-0.15, -0.1) is 0 Å². The zero-order valence-electron chi connectivity index (χ0n) is 6.16. The molecule has 0 radical (unpaired) electrons. The summed E-state index contributed by atoms with van der Waals surface area (Å²) in [4.78, 5) is 10.1. The van der Waals surface area contributed by atoms with Gasteiger partial charge in [0.25, 0.3) is 0 Å². The highest BCUT2D eigenvalue weighted by Crippen LogP contribution is 1.91. The molecule has 0 fully saturated rings. The molecule has 0 aliphatic carbocycles. The topological polar surface area (TPSA) is 17.1 Å². The molecule has 0 aromatic heterocycles. The van der Waals surface area contributed by atoms with Crippen LogP contribution < -0.4 is 0 Å². The molecular weight excluding hydrogens is 124 g/mol. The second-order valence-electron chi connectivity index (χ2n) is 2.00. The maximum absolute atomic E-state index is 10.1. The van der Waals surface area contributed by atoms with E-state index in [1.165, 1.54) is 0 Å². The summed E-state index contributed by atoms with van der Waals surface area (Å²) in [5.74, 6) is 0.00876. The average Bonchev–Trinajstić information content (AvgIpc) is 1.98. The van der Waals surface area contributed by atoms with Gasteiger partial charge in [0.05, 0.1) is 0 Å². The summed E-state index contributed by atoms with van der Waals surface area (Å²) in [6.07, 6.45) is 9.91. The summed E-state index contributed by atoms with van der Waals surface area (Å²) in [6.45, 7) is 5.35. The molecule has 0 heterocycles. The van der Waals surface area contributed by atoms with E-state index in [1.54, 1.807) is 6.08 Å². The molecular formula is C9H12O. The normalized spacial score (nSPS) is 14.1. The van der Waals surface area contributed by atoms with E-state index in [0.29, 0.717) is 0 Å². The third kappa shape index (κ3) is 5.04. The van der Waals surface area contributed by atoms with Crippen LogP contribution in [0.5, 0.6) is 0 Å². The van der Waals surface area contributed by atoms with Gasteiger partial charge in [0.1, 0.15) is 6.29 Å². The molecule has 1 unspecified atom stereocenters. The zero-order chi connectivity index (χ0) is 7.82. The minimum Gasteiger partial charge on any atom is -0.303 e. The van der Waals surface area contributed by atoms with E-state index in [2.05, 4.69) is 6.58 Å². The van der Waals surface area contributed by atoms with Gasteiger partial charge in [0.2, 0.25) is 0 Å². The monoisotopic (exact) mass is 136 g/mol. The number of aldehydes is 1. The minimum atomic E-state index is 0.00876. The quantitative estimate of drug-likeness (QED) is 0.427. The fraction of sp³-hybridized carbons (Fsp3) is 0.222. The molecule has 0 aromatic carbocycles. The van der Waals surface area contributed by atoms with Gasteiger partial charge in [0, 0.05) is 5.92 Å². The predicted molar refractivity (Wildman–Crippen MR) is 43.7 cm³/mol. The van der Waals surface area contributed by atoms with Crippen molar-refractivity contribution in [2.45, 2.75) is 6.92 Å². The molecule has 54 valence electrons. The van der Waals surface area contributed by atoms with Crippen LogP contribution in [-0.2, 0) is 4.79 Å². The minimum absolute atomic E-state index is 0.00876. The Morgan fingerprint density at radius 1 is 1.30 bits per heavy atom. The molecule has 0 amide bonds. The number of rotatable bonds is 4. The summed E-state index contributed by atoms with van der Waals surface area (Å²) >= 11 is 0. The van der Waals surface area contributed by atoms with Crippen molar-refractivity contribution in [3.8, 4) is 0 Å². The first-order valence-corrected chi connectivity index (χ1v) is 3.22. The maximum atomic E-state index is 10.1. The van der Waals surface area contributed by atoms with E-state index in [0.717, 1.165) is 6.29 Å². The van der Waals surface area contributed by atoms with Crippen molar-refractivity contribution < 1.29 is 4.79 Å². The Balaban J connectivity index is 3.64. The van der Waals surface area contributed by atoms with E-state index < -0.39 is 0 Å². The van der Waals surface area contributed by atoms with Crippen molar-refractivity contribution in [1.82, 2.24) is 0 Å². The van der Waals surface area contributed by atoms with Crippen LogP contribution in [0.4, 0.5) is 0 Å². The molecule has 0 aliphatic heterocycles. The predicted octanol–water partition coefficient (Wildman–Crippen LogP) is 2.12. The van der Waals surface area contributed by atoms with E-state index >= 15 is 0 Å². The standard InChI is InChI=1S/C9H12O/c1-3-4-5-6-7-9(2)8-10/h3-9H,1H2,2H3. The van der Waals surface area contributed by atoms with Crippen molar-refractivity contribution in [3.05, 3.63) is 37.0 Å². The largest absolute Gasteiger partial charge is 0.303 e. The maximum Gasteiger partial charge on any atom is 0.126 e. The molecule has 0 saturated heterocycles.